The van der Waals surface area contributed by atoms with Crippen LogP contribution in [-0.4, -0.2) is 53.8 Å². The molecule has 7 nitrogen and oxygen atoms in total. The predicted molar refractivity (Wildman–Crippen MR) is 108 cm³/mol. The maximum absolute atomic E-state index is 12.5. The minimum absolute atomic E-state index is 0.194. The molecule has 0 atom stereocenters. The number of carbonyl (C=O) groups is 1. The van der Waals surface area contributed by atoms with Crippen LogP contribution in [0.1, 0.15) is 29.4 Å². The molecule has 3 rings (SSSR count). The third-order valence-corrected chi connectivity index (χ3v) is 4.83. The lowest BCUT2D eigenvalue weighted by atomic mass is 10.1. The molecular weight excluding hydrogens is 342 g/mol. The van der Waals surface area contributed by atoms with E-state index in [9.17, 15) is 9.59 Å². The van der Waals surface area contributed by atoms with E-state index in [1.54, 1.807) is 0 Å². The number of nitrogens with one attached hydrogen (secondary N) is 1. The summed E-state index contributed by atoms with van der Waals surface area (Å²) in [5.74, 6) is -0.313. The van der Waals surface area contributed by atoms with Crippen LogP contribution in [0.25, 0.3) is 0 Å². The molecule has 0 bridgehead atoms. The van der Waals surface area contributed by atoms with Crippen LogP contribution in [0.3, 0.4) is 0 Å². The van der Waals surface area contributed by atoms with Gasteiger partial charge in [-0.2, -0.15) is 5.10 Å². The summed E-state index contributed by atoms with van der Waals surface area (Å²) < 4.78 is 1.33. The van der Waals surface area contributed by atoms with E-state index < -0.39 is 0 Å². The molecule has 0 spiro atoms. The molecule has 144 valence electrons. The molecule has 1 aromatic carbocycles. The molecule has 1 amide bonds. The van der Waals surface area contributed by atoms with Crippen molar-refractivity contribution in [1.82, 2.24) is 14.7 Å². The number of benzene rings is 1. The van der Waals surface area contributed by atoms with E-state index in [-0.39, 0.29) is 17.2 Å². The lowest BCUT2D eigenvalue weighted by molar-refractivity contribution is 0.102. The number of hydrogen-bond acceptors (Lipinski definition) is 5. The van der Waals surface area contributed by atoms with Gasteiger partial charge in [0, 0.05) is 50.2 Å². The molecule has 0 radical (unpaired) electrons. The van der Waals surface area contributed by atoms with Crippen molar-refractivity contribution >= 4 is 17.3 Å². The third-order valence-electron chi connectivity index (χ3n) is 4.83. The molecule has 2 heterocycles. The first kappa shape index (κ1) is 19.1. The van der Waals surface area contributed by atoms with Gasteiger partial charge in [0.1, 0.15) is 5.69 Å². The second kappa shape index (κ2) is 8.35. The zero-order valence-electron chi connectivity index (χ0n) is 16.2. The van der Waals surface area contributed by atoms with Crippen LogP contribution < -0.4 is 15.8 Å². The number of aryl methyl sites for hydroxylation is 2. The summed E-state index contributed by atoms with van der Waals surface area (Å²) >= 11 is 0. The largest absolute Gasteiger partial charge is 0.369 e. The van der Waals surface area contributed by atoms with Crippen molar-refractivity contribution in [3.63, 3.8) is 0 Å². The number of amides is 1. The van der Waals surface area contributed by atoms with E-state index in [2.05, 4.69) is 40.3 Å². The van der Waals surface area contributed by atoms with Gasteiger partial charge in [0.25, 0.3) is 11.5 Å². The SMILES string of the molecule is CCCn1nc(C(=O)Nc2ccc(N3CCN(C)CC3)c(C)c2)ccc1=O. The Hall–Kier alpha value is -2.67. The molecule has 7 heteroatoms. The monoisotopic (exact) mass is 369 g/mol. The average molecular weight is 369 g/mol. The Kier molecular flexibility index (Phi) is 5.91. The van der Waals surface area contributed by atoms with Crippen LogP contribution in [0.2, 0.25) is 0 Å². The fourth-order valence-electron chi connectivity index (χ4n) is 3.27. The second-order valence-electron chi connectivity index (χ2n) is 7.03. The number of hydrogen-bond donors (Lipinski definition) is 1. The smallest absolute Gasteiger partial charge is 0.276 e. The van der Waals surface area contributed by atoms with E-state index in [1.165, 1.54) is 22.5 Å². The summed E-state index contributed by atoms with van der Waals surface area (Å²) in [6, 6.07) is 8.81. The first-order chi connectivity index (χ1) is 13.0. The fraction of sp³-hybridized carbons (Fsp3) is 0.450. The molecule has 27 heavy (non-hydrogen) atoms. The zero-order chi connectivity index (χ0) is 19.4. The van der Waals surface area contributed by atoms with Gasteiger partial charge in [-0.15, -0.1) is 0 Å². The van der Waals surface area contributed by atoms with Crippen LogP contribution in [0.4, 0.5) is 11.4 Å². The van der Waals surface area contributed by atoms with Gasteiger partial charge >= 0.3 is 0 Å². The molecule has 1 aliphatic heterocycles. The molecule has 1 aromatic heterocycles. The quantitative estimate of drug-likeness (QED) is 0.873. The lowest BCUT2D eigenvalue weighted by Gasteiger charge is -2.35. The van der Waals surface area contributed by atoms with Gasteiger partial charge in [-0.3, -0.25) is 9.59 Å². The van der Waals surface area contributed by atoms with Crippen molar-refractivity contribution in [2.75, 3.05) is 43.4 Å². The average Bonchev–Trinajstić information content (AvgIpc) is 2.65. The first-order valence-electron chi connectivity index (χ1n) is 9.41. The first-order valence-corrected chi connectivity index (χ1v) is 9.41. The van der Waals surface area contributed by atoms with Crippen molar-refractivity contribution in [2.45, 2.75) is 26.8 Å². The number of anilines is 2. The Balaban J connectivity index is 1.72. The van der Waals surface area contributed by atoms with E-state index in [0.717, 1.165) is 43.9 Å². The summed E-state index contributed by atoms with van der Waals surface area (Å²) in [6.07, 6.45) is 0.783. The summed E-state index contributed by atoms with van der Waals surface area (Å²) in [5, 5.41) is 7.04. The van der Waals surface area contributed by atoms with Gasteiger partial charge in [0.2, 0.25) is 0 Å². The van der Waals surface area contributed by atoms with Gasteiger partial charge in [0.15, 0.2) is 0 Å². The zero-order valence-corrected chi connectivity index (χ0v) is 16.2. The topological polar surface area (TPSA) is 70.5 Å². The van der Waals surface area contributed by atoms with Crippen molar-refractivity contribution in [3.8, 4) is 0 Å². The van der Waals surface area contributed by atoms with Gasteiger partial charge in [0.05, 0.1) is 0 Å². The Bertz CT molecular complexity index is 869. The van der Waals surface area contributed by atoms with Crippen LogP contribution in [0, 0.1) is 6.92 Å². The fourth-order valence-corrected chi connectivity index (χ4v) is 3.27. The Morgan fingerprint density at radius 1 is 1.15 bits per heavy atom. The molecular formula is C20H27N5O2. The number of rotatable bonds is 5. The Morgan fingerprint density at radius 2 is 1.89 bits per heavy atom. The highest BCUT2D eigenvalue weighted by molar-refractivity contribution is 6.02. The normalized spacial score (nSPS) is 15.0. The summed E-state index contributed by atoms with van der Waals surface area (Å²) in [4.78, 5) is 29.0. The van der Waals surface area contributed by atoms with Gasteiger partial charge in [-0.25, -0.2) is 4.68 Å². The number of carbonyl (C=O) groups excluding carboxylic acids is 1. The van der Waals surface area contributed by atoms with Crippen LogP contribution >= 0.6 is 0 Å². The van der Waals surface area contributed by atoms with Gasteiger partial charge in [-0.1, -0.05) is 6.92 Å². The van der Waals surface area contributed by atoms with Crippen molar-refractivity contribution in [2.24, 2.45) is 0 Å². The highest BCUT2D eigenvalue weighted by Gasteiger charge is 2.16. The van der Waals surface area contributed by atoms with E-state index in [1.807, 2.05) is 19.1 Å². The highest BCUT2D eigenvalue weighted by atomic mass is 16.2. The molecule has 0 saturated carbocycles. The number of aromatic nitrogens is 2. The third kappa shape index (κ3) is 4.54. The van der Waals surface area contributed by atoms with Gasteiger partial charge < -0.3 is 15.1 Å². The van der Waals surface area contributed by atoms with E-state index in [0.29, 0.717) is 6.54 Å². The molecule has 1 fully saturated rings. The summed E-state index contributed by atoms with van der Waals surface area (Å²) in [7, 11) is 2.14. The highest BCUT2D eigenvalue weighted by Crippen LogP contribution is 2.24. The van der Waals surface area contributed by atoms with E-state index >= 15 is 0 Å². The minimum atomic E-state index is -0.313. The Morgan fingerprint density at radius 3 is 2.56 bits per heavy atom. The van der Waals surface area contributed by atoms with Gasteiger partial charge in [-0.05, 0) is 50.2 Å². The van der Waals surface area contributed by atoms with Crippen molar-refractivity contribution in [1.29, 1.82) is 0 Å². The van der Waals surface area contributed by atoms with Crippen LogP contribution in [-0.2, 0) is 6.54 Å². The van der Waals surface area contributed by atoms with Crippen molar-refractivity contribution < 1.29 is 4.79 Å². The number of piperazine rings is 1. The summed E-state index contributed by atoms with van der Waals surface area (Å²) in [6.45, 7) is 8.64. The maximum Gasteiger partial charge on any atom is 0.276 e. The molecule has 1 N–H and O–H groups in total. The van der Waals surface area contributed by atoms with Crippen molar-refractivity contribution in [3.05, 3.63) is 51.9 Å². The molecule has 1 saturated heterocycles. The van der Waals surface area contributed by atoms with E-state index in [4.69, 9.17) is 0 Å². The number of nitrogens with zero attached hydrogens (tertiary/aromatic N) is 4. The van der Waals surface area contributed by atoms with Crippen LogP contribution in [0.5, 0.6) is 0 Å². The minimum Gasteiger partial charge on any atom is -0.369 e. The summed E-state index contributed by atoms with van der Waals surface area (Å²) in [5.41, 5.74) is 3.10. The molecule has 2 aromatic rings. The predicted octanol–water partition coefficient (Wildman–Crippen LogP) is 1.97. The molecule has 0 aliphatic carbocycles. The number of likely N-dealkylation sites (N-methyl/N-ethyl adjacent to an activating group) is 1. The standard InChI is InChI=1S/C20H27N5O2/c1-4-9-25-19(26)8-6-17(22-25)20(27)21-16-5-7-18(15(2)14-16)24-12-10-23(3)11-13-24/h5-8,14H,4,9-13H2,1-3H3,(H,21,27). The molecule has 0 unspecified atom stereocenters. The van der Waals surface area contributed by atoms with Crippen LogP contribution in [0.15, 0.2) is 35.1 Å². The Labute approximate surface area is 159 Å². The lowest BCUT2D eigenvalue weighted by Crippen LogP contribution is -2.44. The second-order valence-corrected chi connectivity index (χ2v) is 7.03. The maximum atomic E-state index is 12.5. The molecule has 1 aliphatic rings.